The van der Waals surface area contributed by atoms with Gasteiger partial charge in [-0.3, -0.25) is 0 Å². The molecule has 0 amide bonds. The summed E-state index contributed by atoms with van der Waals surface area (Å²) in [6.45, 7) is 9.50. The number of benzene rings is 16. The molecule has 4 aliphatic heterocycles. The van der Waals surface area contributed by atoms with Crippen LogP contribution in [-0.4, -0.2) is 0 Å². The molecule has 108 heavy (non-hydrogen) atoms. The Morgan fingerprint density at radius 1 is 0.167 bits per heavy atom. The Morgan fingerprint density at radius 3 is 0.815 bits per heavy atom. The number of rotatable bonds is 10. The van der Waals surface area contributed by atoms with Crippen LogP contribution in [0.25, 0.3) is 66.8 Å². The van der Waals surface area contributed by atoms with Gasteiger partial charge in [-0.15, -0.1) is 0 Å². The fourth-order valence-corrected chi connectivity index (χ4v) is 18.7. The second-order valence-corrected chi connectivity index (χ2v) is 31.4. The Bertz CT molecular complexity index is 6070. The molecule has 0 aliphatic carbocycles. The van der Waals surface area contributed by atoms with Crippen LogP contribution in [0.3, 0.4) is 0 Å². The Kier molecular flexibility index (Phi) is 16.8. The van der Waals surface area contributed by atoms with Crippen molar-refractivity contribution in [1.82, 2.24) is 0 Å². The van der Waals surface area contributed by atoms with Crippen LogP contribution in [0.1, 0.15) is 49.9 Å². The first-order chi connectivity index (χ1) is 53.1. The topological polar surface area (TPSA) is 13.0 Å². The van der Waals surface area contributed by atoms with Gasteiger partial charge in [0.25, 0.3) is 0 Å². The van der Waals surface area contributed by atoms with Gasteiger partial charge in [0.05, 0.1) is 45.5 Å². The minimum absolute atomic E-state index is 0.199. The molecule has 20 rings (SSSR count). The second-order valence-electron chi connectivity index (χ2n) is 29.3. The second kappa shape index (κ2) is 27.4. The summed E-state index contributed by atoms with van der Waals surface area (Å²) in [6.07, 6.45) is 0. The van der Waals surface area contributed by atoms with Crippen LogP contribution in [0.4, 0.5) is 68.2 Å². The Hall–Kier alpha value is -12.6. The van der Waals surface area contributed by atoms with Crippen molar-refractivity contribution < 1.29 is 0 Å². The van der Waals surface area contributed by atoms with Gasteiger partial charge < -0.3 is 19.6 Å². The number of fused-ring (bicyclic) bond motifs is 8. The normalized spacial score (nSPS) is 13.7. The zero-order valence-electron chi connectivity index (χ0n) is 60.6. The van der Waals surface area contributed by atoms with E-state index >= 15 is 0 Å². The molecule has 516 valence electrons. The van der Waals surface area contributed by atoms with E-state index < -0.39 is 0 Å². The van der Waals surface area contributed by atoms with Gasteiger partial charge >= 0.3 is 0 Å². The molecular formula is C102H76N4S2. The molecular weight excluding hydrogens is 1350 g/mol. The van der Waals surface area contributed by atoms with Crippen molar-refractivity contribution in [1.29, 1.82) is 0 Å². The highest BCUT2D eigenvalue weighted by molar-refractivity contribution is 8.00. The summed E-state index contributed by atoms with van der Waals surface area (Å²) in [5, 5.41) is 0. The highest BCUT2D eigenvalue weighted by Gasteiger charge is 2.40. The Morgan fingerprint density at radius 2 is 0.417 bits per heavy atom. The lowest BCUT2D eigenvalue weighted by atomic mass is 9.71. The SMILES string of the molecule is CC1(C)c2ccccc2N(c2ccc(-c3ccccc3)cc2)c2ccc(-c3ccc4c(c3)C(C)(C)c3ccccc3N4c3cccc(-c4ccccc4)c3)cc21.c1ccc(-c2ccc(N3c4ccccc4Sc4cc(-c5ccc6c(c5)Sc5ccccc5N6c5cccc(-c6ccccc6)c5)ccc43)cc2)cc1. The van der Waals surface area contributed by atoms with E-state index in [9.17, 15) is 0 Å². The van der Waals surface area contributed by atoms with Gasteiger partial charge in [-0.2, -0.15) is 0 Å². The first-order valence-electron chi connectivity index (χ1n) is 37.2. The van der Waals surface area contributed by atoms with Crippen LogP contribution < -0.4 is 19.6 Å². The van der Waals surface area contributed by atoms with E-state index in [1.54, 1.807) is 0 Å². The Balaban J connectivity index is 0.000000147. The molecule has 4 nitrogen and oxygen atoms in total. The van der Waals surface area contributed by atoms with Gasteiger partial charge in [0, 0.05) is 53.2 Å². The summed E-state index contributed by atoms with van der Waals surface area (Å²) in [7, 11) is 0. The predicted octanol–water partition coefficient (Wildman–Crippen LogP) is 29.5. The van der Waals surface area contributed by atoms with E-state index in [0.717, 1.165) is 22.7 Å². The molecule has 16 aromatic rings. The molecule has 0 saturated heterocycles. The summed E-state index contributed by atoms with van der Waals surface area (Å²) < 4.78 is 0. The van der Waals surface area contributed by atoms with Crippen LogP contribution in [0.2, 0.25) is 0 Å². The zero-order chi connectivity index (χ0) is 72.5. The number of hydrogen-bond acceptors (Lipinski definition) is 6. The van der Waals surface area contributed by atoms with Crippen molar-refractivity contribution in [3.63, 3.8) is 0 Å². The van der Waals surface area contributed by atoms with Gasteiger partial charge in [-0.05, 0) is 222 Å². The van der Waals surface area contributed by atoms with Gasteiger partial charge in [0.1, 0.15) is 0 Å². The number of hydrogen-bond donors (Lipinski definition) is 0. The van der Waals surface area contributed by atoms with E-state index in [0.29, 0.717) is 0 Å². The maximum Gasteiger partial charge on any atom is 0.0602 e. The van der Waals surface area contributed by atoms with Crippen LogP contribution >= 0.6 is 23.5 Å². The van der Waals surface area contributed by atoms with Crippen molar-refractivity contribution >= 4 is 91.8 Å². The van der Waals surface area contributed by atoms with Gasteiger partial charge in [0.2, 0.25) is 0 Å². The van der Waals surface area contributed by atoms with Crippen LogP contribution in [-0.2, 0) is 10.8 Å². The lowest BCUT2D eigenvalue weighted by Crippen LogP contribution is -2.31. The molecule has 0 aromatic heterocycles. The molecule has 0 saturated carbocycles. The molecule has 0 N–H and O–H groups in total. The molecule has 0 radical (unpaired) electrons. The molecule has 0 unspecified atom stereocenters. The third-order valence-electron chi connectivity index (χ3n) is 22.1. The minimum Gasteiger partial charge on any atom is -0.310 e. The first-order valence-corrected chi connectivity index (χ1v) is 38.8. The average Bonchev–Trinajstić information content (AvgIpc) is 0.727. The van der Waals surface area contributed by atoms with E-state index in [-0.39, 0.29) is 10.8 Å². The standard InChI is InChI=1S/C54H44N2.C48H32N2S2/c1-53(2)45-22-11-13-24-49(45)55(43-30-26-39(27-31-43)37-16-7-5-8-17-37)51-32-28-41(35-47(51)53)42-29-33-52-48(36-42)54(3,4)46-23-12-14-25-50(46)56(52)44-21-15-20-40(34-44)38-18-9-6-10-19-38;1-3-12-33(13-4-1)35-22-26-39(27-23-35)49-41-18-7-9-20-45(41)51-47-31-37(24-28-43(47)49)38-25-29-44-48(32-38)52-46-21-10-8-19-42(46)50(44)40-17-11-16-36(30-40)34-14-5-2-6-15-34/h5-36H,1-4H3;1-32H. The third kappa shape index (κ3) is 11.9. The van der Waals surface area contributed by atoms with E-state index in [1.807, 2.05) is 23.5 Å². The number of nitrogens with zero attached hydrogens (tertiary/aromatic N) is 4. The molecule has 16 aromatic carbocycles. The largest absolute Gasteiger partial charge is 0.310 e. The molecule has 4 heterocycles. The number of anilines is 12. The Labute approximate surface area is 642 Å². The van der Waals surface area contributed by atoms with E-state index in [1.165, 1.54) is 154 Å². The predicted molar refractivity (Wildman–Crippen MR) is 457 cm³/mol. The van der Waals surface area contributed by atoms with Gasteiger partial charge in [0.15, 0.2) is 0 Å². The summed E-state index contributed by atoms with van der Waals surface area (Å²) in [6, 6.07) is 142. The fourth-order valence-electron chi connectivity index (χ4n) is 16.5. The minimum atomic E-state index is -0.204. The van der Waals surface area contributed by atoms with E-state index in [4.69, 9.17) is 0 Å². The maximum atomic E-state index is 2.46. The fraction of sp³-hybridized carbons (Fsp3) is 0.0588. The quantitative estimate of drug-likeness (QED) is 0.134. The lowest BCUT2D eigenvalue weighted by Gasteiger charge is -2.43. The zero-order valence-corrected chi connectivity index (χ0v) is 62.2. The van der Waals surface area contributed by atoms with Crippen LogP contribution in [0.5, 0.6) is 0 Å². The van der Waals surface area contributed by atoms with E-state index in [2.05, 4.69) is 436 Å². The van der Waals surface area contributed by atoms with Crippen molar-refractivity contribution in [2.45, 2.75) is 58.1 Å². The van der Waals surface area contributed by atoms with Crippen molar-refractivity contribution in [3.8, 4) is 66.8 Å². The van der Waals surface area contributed by atoms with Crippen molar-refractivity contribution in [2.24, 2.45) is 0 Å². The first kappa shape index (κ1) is 66.1. The number of para-hydroxylation sites is 4. The highest BCUT2D eigenvalue weighted by Crippen LogP contribution is 2.58. The smallest absolute Gasteiger partial charge is 0.0602 e. The average molecular weight is 1420 g/mol. The van der Waals surface area contributed by atoms with Crippen LogP contribution in [0, 0.1) is 0 Å². The third-order valence-corrected chi connectivity index (χ3v) is 24.3. The lowest BCUT2D eigenvalue weighted by molar-refractivity contribution is 0.631. The summed E-state index contributed by atoms with van der Waals surface area (Å²) in [5.41, 5.74) is 33.9. The van der Waals surface area contributed by atoms with Gasteiger partial charge in [-0.1, -0.05) is 306 Å². The molecule has 0 atom stereocenters. The maximum absolute atomic E-state index is 2.46. The molecule has 6 heteroatoms. The highest BCUT2D eigenvalue weighted by atomic mass is 32.2. The summed E-state index contributed by atoms with van der Waals surface area (Å²) in [5.74, 6) is 0. The summed E-state index contributed by atoms with van der Waals surface area (Å²) in [4.78, 5) is 14.7. The van der Waals surface area contributed by atoms with Crippen LogP contribution in [0.15, 0.2) is 408 Å². The molecule has 0 spiro atoms. The van der Waals surface area contributed by atoms with Crippen molar-refractivity contribution in [3.05, 3.63) is 411 Å². The summed E-state index contributed by atoms with van der Waals surface area (Å²) >= 11 is 3.70. The molecule has 4 aliphatic rings. The molecule has 0 fully saturated rings. The van der Waals surface area contributed by atoms with Crippen molar-refractivity contribution in [2.75, 3.05) is 19.6 Å². The molecule has 0 bridgehead atoms. The monoisotopic (exact) mass is 1420 g/mol. The van der Waals surface area contributed by atoms with Gasteiger partial charge in [-0.25, -0.2) is 0 Å².